The molecule has 2 aromatic rings. The highest BCUT2D eigenvalue weighted by Gasteiger charge is 2.33. The molecule has 0 atom stereocenters. The van der Waals surface area contributed by atoms with E-state index < -0.39 is 5.82 Å². The van der Waals surface area contributed by atoms with E-state index >= 15 is 0 Å². The van der Waals surface area contributed by atoms with E-state index in [4.69, 9.17) is 10.1 Å². The van der Waals surface area contributed by atoms with E-state index in [-0.39, 0.29) is 16.8 Å². The molecule has 0 unspecified atom stereocenters. The van der Waals surface area contributed by atoms with Crippen LogP contribution in [0.4, 0.5) is 10.1 Å². The number of methoxy groups -OCH3 is 1. The van der Waals surface area contributed by atoms with Gasteiger partial charge >= 0.3 is 0 Å². The van der Waals surface area contributed by atoms with Crippen LogP contribution < -0.4 is 9.64 Å². The molecule has 3 rings (SSSR count). The van der Waals surface area contributed by atoms with Gasteiger partial charge in [0.25, 0.3) is 5.91 Å². The average Bonchev–Trinajstić information content (AvgIpc) is 2.84. The van der Waals surface area contributed by atoms with E-state index in [1.807, 2.05) is 0 Å². The van der Waals surface area contributed by atoms with Gasteiger partial charge in [-0.05, 0) is 59.8 Å². The van der Waals surface area contributed by atoms with Gasteiger partial charge in [0.15, 0.2) is 16.7 Å². The van der Waals surface area contributed by atoms with Crippen LogP contribution in [0.25, 0.3) is 6.08 Å². The zero-order chi connectivity index (χ0) is 17.3. The first-order valence-electron chi connectivity index (χ1n) is 6.94. The van der Waals surface area contributed by atoms with Gasteiger partial charge in [0, 0.05) is 0 Å². The Balaban J connectivity index is 1.92. The first kappa shape index (κ1) is 16.1. The second-order valence-corrected chi connectivity index (χ2v) is 5.99. The van der Waals surface area contributed by atoms with Gasteiger partial charge in [-0.25, -0.2) is 4.39 Å². The van der Waals surface area contributed by atoms with Crippen LogP contribution in [-0.2, 0) is 4.79 Å². The minimum atomic E-state index is -0.406. The lowest BCUT2D eigenvalue weighted by Gasteiger charge is -2.13. The Morgan fingerprint density at radius 3 is 2.62 bits per heavy atom. The number of hydrogen-bond acceptors (Lipinski definition) is 5. The van der Waals surface area contributed by atoms with E-state index in [1.54, 1.807) is 18.2 Å². The number of halogens is 1. The molecule has 122 valence electrons. The van der Waals surface area contributed by atoms with Crippen molar-refractivity contribution in [3.63, 3.8) is 0 Å². The van der Waals surface area contributed by atoms with Crippen molar-refractivity contribution in [2.75, 3.05) is 12.0 Å². The predicted molar refractivity (Wildman–Crippen MR) is 91.8 cm³/mol. The highest BCUT2D eigenvalue weighted by Crippen LogP contribution is 2.36. The normalized spacial score (nSPS) is 16.1. The largest absolute Gasteiger partial charge is 0.504 e. The van der Waals surface area contributed by atoms with Crippen molar-refractivity contribution < 1.29 is 19.0 Å². The molecule has 1 fully saturated rings. The second kappa shape index (κ2) is 6.37. The molecule has 1 saturated heterocycles. The van der Waals surface area contributed by atoms with Crippen molar-refractivity contribution in [1.82, 2.24) is 0 Å². The summed E-state index contributed by atoms with van der Waals surface area (Å²) in [6.45, 7) is 0. The number of rotatable bonds is 3. The van der Waals surface area contributed by atoms with Crippen molar-refractivity contribution in [2.24, 2.45) is 0 Å². The Labute approximate surface area is 141 Å². The van der Waals surface area contributed by atoms with Crippen molar-refractivity contribution >= 4 is 34.6 Å². The van der Waals surface area contributed by atoms with Crippen LogP contribution in [0, 0.1) is 11.2 Å². The van der Waals surface area contributed by atoms with Gasteiger partial charge in [0.05, 0.1) is 17.7 Å². The summed E-state index contributed by atoms with van der Waals surface area (Å²) in [5.74, 6) is -0.462. The van der Waals surface area contributed by atoms with E-state index in [0.717, 1.165) is 11.8 Å². The molecule has 1 amide bonds. The third-order valence-electron chi connectivity index (χ3n) is 3.41. The van der Waals surface area contributed by atoms with E-state index in [0.29, 0.717) is 21.9 Å². The molecule has 2 N–H and O–H groups in total. The molecule has 1 aliphatic rings. The minimum Gasteiger partial charge on any atom is -0.504 e. The number of hydrogen-bond donors (Lipinski definition) is 2. The van der Waals surface area contributed by atoms with Crippen LogP contribution in [0.15, 0.2) is 47.4 Å². The van der Waals surface area contributed by atoms with E-state index in [1.165, 1.54) is 42.3 Å². The van der Waals surface area contributed by atoms with Gasteiger partial charge in [-0.15, -0.1) is 0 Å². The van der Waals surface area contributed by atoms with Crippen LogP contribution in [0.2, 0.25) is 0 Å². The maximum absolute atomic E-state index is 13.0. The summed E-state index contributed by atoms with van der Waals surface area (Å²) in [7, 11) is 1.44. The lowest BCUT2D eigenvalue weighted by atomic mass is 10.2. The molecule has 0 radical (unpaired) electrons. The number of nitrogens with zero attached hydrogens (tertiary/aromatic N) is 1. The highest BCUT2D eigenvalue weighted by molar-refractivity contribution is 8.19. The van der Waals surface area contributed by atoms with Crippen molar-refractivity contribution in [3.8, 4) is 11.5 Å². The van der Waals surface area contributed by atoms with Gasteiger partial charge in [0.2, 0.25) is 0 Å². The highest BCUT2D eigenvalue weighted by atomic mass is 32.2. The maximum atomic E-state index is 13.0. The third-order valence-corrected chi connectivity index (χ3v) is 4.30. The molecule has 2 aromatic carbocycles. The molecular weight excluding hydrogens is 331 g/mol. The van der Waals surface area contributed by atoms with Crippen molar-refractivity contribution in [3.05, 3.63) is 58.8 Å². The topological polar surface area (TPSA) is 73.6 Å². The molecule has 7 heteroatoms. The quantitative estimate of drug-likeness (QED) is 0.835. The van der Waals surface area contributed by atoms with E-state index in [2.05, 4.69) is 0 Å². The average molecular weight is 344 g/mol. The van der Waals surface area contributed by atoms with Crippen LogP contribution in [-0.4, -0.2) is 23.3 Å². The number of phenols is 1. The SMILES string of the molecule is COc1cc(C=C2SC(=N)N(c3ccc(F)cc3)C2=O)ccc1O. The number of carbonyl (C=O) groups excluding carboxylic acids is 1. The molecule has 1 heterocycles. The maximum Gasteiger partial charge on any atom is 0.271 e. The number of anilines is 1. The number of phenolic OH excluding ortho intramolecular Hbond substituents is 1. The summed E-state index contributed by atoms with van der Waals surface area (Å²) in [5, 5.41) is 17.7. The van der Waals surface area contributed by atoms with Gasteiger partial charge in [-0.3, -0.25) is 15.1 Å². The van der Waals surface area contributed by atoms with Crippen LogP contribution in [0.5, 0.6) is 11.5 Å². The summed E-state index contributed by atoms with van der Waals surface area (Å²) in [6.07, 6.45) is 1.62. The number of benzene rings is 2. The molecule has 1 aliphatic heterocycles. The molecule has 0 aromatic heterocycles. The number of amidine groups is 1. The molecule has 0 saturated carbocycles. The second-order valence-electron chi connectivity index (χ2n) is 4.96. The van der Waals surface area contributed by atoms with Crippen molar-refractivity contribution in [1.29, 1.82) is 5.41 Å². The summed E-state index contributed by atoms with van der Waals surface area (Å²) >= 11 is 1.02. The van der Waals surface area contributed by atoms with Crippen LogP contribution in [0.3, 0.4) is 0 Å². The van der Waals surface area contributed by atoms with Crippen LogP contribution in [0.1, 0.15) is 5.56 Å². The van der Waals surface area contributed by atoms with Gasteiger partial charge in [-0.1, -0.05) is 6.07 Å². The Bertz CT molecular complexity index is 849. The molecule has 24 heavy (non-hydrogen) atoms. The van der Waals surface area contributed by atoms with Gasteiger partial charge < -0.3 is 9.84 Å². The molecule has 0 bridgehead atoms. The molecule has 5 nitrogen and oxygen atoms in total. The third kappa shape index (κ3) is 2.98. The van der Waals surface area contributed by atoms with Crippen molar-refractivity contribution in [2.45, 2.75) is 0 Å². The molecule has 0 spiro atoms. The first-order chi connectivity index (χ1) is 11.5. The molecular formula is C17H13FN2O3S. The monoisotopic (exact) mass is 344 g/mol. The zero-order valence-corrected chi connectivity index (χ0v) is 13.4. The minimum absolute atomic E-state index is 0.00531. The van der Waals surface area contributed by atoms with Gasteiger partial charge in [0.1, 0.15) is 5.82 Å². The fourth-order valence-corrected chi connectivity index (χ4v) is 3.11. The first-order valence-corrected chi connectivity index (χ1v) is 7.76. The Morgan fingerprint density at radius 1 is 1.25 bits per heavy atom. The Hall–Kier alpha value is -2.80. The number of thioether (sulfide) groups is 1. The van der Waals surface area contributed by atoms with Gasteiger partial charge in [-0.2, -0.15) is 0 Å². The summed E-state index contributed by atoms with van der Waals surface area (Å²) in [5.41, 5.74) is 1.10. The van der Waals surface area contributed by atoms with E-state index in [9.17, 15) is 14.3 Å². The van der Waals surface area contributed by atoms with Crippen LogP contribution >= 0.6 is 11.8 Å². The Kier molecular flexibility index (Phi) is 4.26. The predicted octanol–water partition coefficient (Wildman–Crippen LogP) is 3.60. The number of nitrogens with one attached hydrogen (secondary N) is 1. The summed E-state index contributed by atoms with van der Waals surface area (Å²) in [4.78, 5) is 14.1. The fraction of sp³-hybridized carbons (Fsp3) is 0.0588. The lowest BCUT2D eigenvalue weighted by Crippen LogP contribution is -2.28. The molecule has 0 aliphatic carbocycles. The Morgan fingerprint density at radius 2 is 1.96 bits per heavy atom. The number of aromatic hydroxyl groups is 1. The standard InChI is InChI=1S/C17H13FN2O3S/c1-23-14-8-10(2-7-13(14)21)9-15-16(22)20(17(19)24-15)12-5-3-11(18)4-6-12/h2-9,19,21H,1H3. The fourth-order valence-electron chi connectivity index (χ4n) is 2.25. The zero-order valence-electron chi connectivity index (χ0n) is 12.6. The smallest absolute Gasteiger partial charge is 0.271 e. The summed E-state index contributed by atoms with van der Waals surface area (Å²) in [6, 6.07) is 10.1. The summed E-state index contributed by atoms with van der Waals surface area (Å²) < 4.78 is 18.1. The number of ether oxygens (including phenoxy) is 1. The lowest BCUT2D eigenvalue weighted by molar-refractivity contribution is -0.113. The number of carbonyl (C=O) groups is 1. The number of amides is 1.